The van der Waals surface area contributed by atoms with Crippen molar-refractivity contribution < 1.29 is 54.4 Å². The molecule has 12 heteroatoms. The molecule has 6 atom stereocenters. The summed E-state index contributed by atoms with van der Waals surface area (Å²) in [5.41, 5.74) is -1.30. The summed E-state index contributed by atoms with van der Waals surface area (Å²) in [5.74, 6) is -3.67. The second-order valence-corrected chi connectivity index (χ2v) is 9.18. The predicted molar refractivity (Wildman–Crippen MR) is 131 cm³/mol. The third-order valence-electron chi connectivity index (χ3n) is 6.68. The molecule has 204 valence electrons. The molecule has 0 saturated carbocycles. The van der Waals surface area contributed by atoms with E-state index in [0.29, 0.717) is 6.42 Å². The van der Waals surface area contributed by atoms with Crippen LogP contribution in [-0.4, -0.2) is 72.7 Å². The summed E-state index contributed by atoms with van der Waals surface area (Å²) in [6, 6.07) is 5.50. The first-order valence-electron chi connectivity index (χ1n) is 11.9. The highest BCUT2D eigenvalue weighted by molar-refractivity contribution is 5.89. The number of carbonyl (C=O) groups is 1. The molecule has 0 amide bonds. The van der Waals surface area contributed by atoms with Crippen LogP contribution in [0.25, 0.3) is 22.3 Å². The van der Waals surface area contributed by atoms with Crippen molar-refractivity contribution in [1.82, 2.24) is 0 Å². The predicted octanol–water partition coefficient (Wildman–Crippen LogP) is 1.39. The van der Waals surface area contributed by atoms with Crippen molar-refractivity contribution in [2.75, 3.05) is 6.61 Å². The molecule has 1 aromatic heterocycles. The van der Waals surface area contributed by atoms with Gasteiger partial charge in [-0.3, -0.25) is 9.59 Å². The van der Waals surface area contributed by atoms with E-state index in [1.165, 1.54) is 6.07 Å². The van der Waals surface area contributed by atoms with Gasteiger partial charge in [0.15, 0.2) is 28.6 Å². The monoisotopic (exact) mass is 532 g/mol. The van der Waals surface area contributed by atoms with E-state index in [1.807, 2.05) is 0 Å². The molecule has 2 heterocycles. The van der Waals surface area contributed by atoms with Crippen molar-refractivity contribution in [2.45, 2.75) is 50.8 Å². The van der Waals surface area contributed by atoms with Crippen molar-refractivity contribution in [3.63, 3.8) is 0 Å². The quantitative estimate of drug-likeness (QED) is 0.178. The molecule has 38 heavy (non-hydrogen) atoms. The maximum absolute atomic E-state index is 13.0. The van der Waals surface area contributed by atoms with Crippen LogP contribution >= 0.6 is 0 Å². The first-order chi connectivity index (χ1) is 18.0. The van der Waals surface area contributed by atoms with Gasteiger partial charge in [-0.1, -0.05) is 13.8 Å². The molecule has 3 aromatic rings. The van der Waals surface area contributed by atoms with Gasteiger partial charge in [0, 0.05) is 17.7 Å². The number of aliphatic hydroxyl groups is 3. The van der Waals surface area contributed by atoms with Crippen molar-refractivity contribution in [1.29, 1.82) is 0 Å². The molecule has 0 spiro atoms. The molecule has 0 aliphatic carbocycles. The van der Waals surface area contributed by atoms with Crippen LogP contribution in [0.2, 0.25) is 0 Å². The van der Waals surface area contributed by atoms with Crippen molar-refractivity contribution in [2.24, 2.45) is 5.92 Å². The third-order valence-corrected chi connectivity index (χ3v) is 6.68. The highest BCUT2D eigenvalue weighted by atomic mass is 16.6. The van der Waals surface area contributed by atoms with Gasteiger partial charge in [0.2, 0.25) is 0 Å². The first kappa shape index (κ1) is 27.2. The SMILES string of the molecule is CC[C@H](C)C(=O)O[C@@H]1[C@@H](O)[C@H](O)[C@@H](CO)O[C@H]1c1c(O)cc(O)c2c(=O)cc(-c3ccc(O)c(O)c3)oc12. The van der Waals surface area contributed by atoms with Gasteiger partial charge in [0.25, 0.3) is 0 Å². The minimum atomic E-state index is -1.77. The molecule has 0 unspecified atom stereocenters. The summed E-state index contributed by atoms with van der Waals surface area (Å²) in [5, 5.41) is 71.5. The highest BCUT2D eigenvalue weighted by Gasteiger charge is 2.49. The van der Waals surface area contributed by atoms with Crippen LogP contribution in [0.15, 0.2) is 39.5 Å². The summed E-state index contributed by atoms with van der Waals surface area (Å²) in [6.07, 6.45) is -7.58. The number of rotatable bonds is 6. The Morgan fingerprint density at radius 2 is 1.71 bits per heavy atom. The lowest BCUT2D eigenvalue weighted by atomic mass is 9.89. The number of hydrogen-bond donors (Lipinski definition) is 7. The Labute approximate surface area is 215 Å². The number of carbonyl (C=O) groups excluding carboxylic acids is 1. The summed E-state index contributed by atoms with van der Waals surface area (Å²) >= 11 is 0. The number of esters is 1. The molecule has 2 aromatic carbocycles. The van der Waals surface area contributed by atoms with Gasteiger partial charge in [0.05, 0.1) is 18.1 Å². The Hall–Kier alpha value is -3.84. The Balaban J connectivity index is 1.96. The van der Waals surface area contributed by atoms with Gasteiger partial charge in [0.1, 0.15) is 47.1 Å². The molecule has 0 radical (unpaired) electrons. The summed E-state index contributed by atoms with van der Waals surface area (Å²) in [6.45, 7) is 2.58. The molecular formula is C26H28O12. The standard InChI is InChI=1S/C26H28O12/c1-3-10(2)26(35)38-25-22(34)21(33)18(9-27)37-24(25)20-15(31)7-14(30)19-16(32)8-17(36-23(19)20)11-4-5-12(28)13(29)6-11/h4-8,10,18,21-22,24-25,27-31,33-34H,3,9H2,1-2H3/t10-,18+,21+,22-,24-,25+/m0/s1. The number of phenols is 4. The van der Waals surface area contributed by atoms with Gasteiger partial charge >= 0.3 is 5.97 Å². The summed E-state index contributed by atoms with van der Waals surface area (Å²) in [7, 11) is 0. The molecular weight excluding hydrogens is 504 g/mol. The van der Waals surface area contributed by atoms with Crippen molar-refractivity contribution in [3.8, 4) is 34.3 Å². The zero-order valence-corrected chi connectivity index (χ0v) is 20.4. The summed E-state index contributed by atoms with van der Waals surface area (Å²) < 4.78 is 17.1. The normalized spacial score (nSPS) is 24.3. The molecule has 1 aliphatic rings. The lowest BCUT2D eigenvalue weighted by molar-refractivity contribution is -0.242. The van der Waals surface area contributed by atoms with Gasteiger partial charge in [-0.15, -0.1) is 0 Å². The van der Waals surface area contributed by atoms with E-state index in [4.69, 9.17) is 13.9 Å². The number of ether oxygens (including phenoxy) is 2. The molecule has 1 fully saturated rings. The molecule has 1 saturated heterocycles. The van der Waals surface area contributed by atoms with Crippen molar-refractivity contribution in [3.05, 3.63) is 46.1 Å². The first-order valence-corrected chi connectivity index (χ1v) is 11.9. The minimum Gasteiger partial charge on any atom is -0.507 e. The Bertz CT molecular complexity index is 1410. The van der Waals surface area contributed by atoms with Crippen LogP contribution in [0.4, 0.5) is 0 Å². The second-order valence-electron chi connectivity index (χ2n) is 9.18. The largest absolute Gasteiger partial charge is 0.507 e. The van der Waals surface area contributed by atoms with Gasteiger partial charge in [-0.25, -0.2) is 0 Å². The molecule has 7 N–H and O–H groups in total. The zero-order valence-electron chi connectivity index (χ0n) is 20.4. The third kappa shape index (κ3) is 4.74. The molecule has 12 nitrogen and oxygen atoms in total. The lowest BCUT2D eigenvalue weighted by Gasteiger charge is -2.42. The number of hydrogen-bond acceptors (Lipinski definition) is 12. The fourth-order valence-corrected chi connectivity index (χ4v) is 4.29. The van der Waals surface area contributed by atoms with Crippen LogP contribution in [0.5, 0.6) is 23.0 Å². The maximum Gasteiger partial charge on any atom is 0.309 e. The molecule has 4 rings (SSSR count). The number of aliphatic hydroxyl groups excluding tert-OH is 3. The maximum atomic E-state index is 13.0. The zero-order chi connectivity index (χ0) is 27.9. The van der Waals surface area contributed by atoms with E-state index < -0.39 is 83.0 Å². The fourth-order valence-electron chi connectivity index (χ4n) is 4.29. The fraction of sp³-hybridized carbons (Fsp3) is 0.385. The molecule has 0 bridgehead atoms. The van der Waals surface area contributed by atoms with Gasteiger partial charge in [-0.2, -0.15) is 0 Å². The minimum absolute atomic E-state index is 0.132. The van der Waals surface area contributed by atoms with Gasteiger partial charge in [-0.05, 0) is 24.6 Å². The number of phenolic OH excluding ortho intramolecular Hbond substituents is 4. The van der Waals surface area contributed by atoms with Gasteiger partial charge < -0.3 is 49.6 Å². The average molecular weight is 532 g/mol. The highest BCUT2D eigenvalue weighted by Crippen LogP contribution is 2.45. The van der Waals surface area contributed by atoms with E-state index in [0.717, 1.165) is 24.3 Å². The molecule has 1 aliphatic heterocycles. The van der Waals surface area contributed by atoms with E-state index >= 15 is 0 Å². The second kappa shape index (κ2) is 10.5. The van der Waals surface area contributed by atoms with E-state index in [-0.39, 0.29) is 22.3 Å². The van der Waals surface area contributed by atoms with Crippen LogP contribution in [0.1, 0.15) is 31.9 Å². The van der Waals surface area contributed by atoms with Crippen LogP contribution in [0.3, 0.4) is 0 Å². The van der Waals surface area contributed by atoms with Crippen LogP contribution < -0.4 is 5.43 Å². The Morgan fingerprint density at radius 3 is 2.34 bits per heavy atom. The topological polar surface area (TPSA) is 207 Å². The lowest BCUT2D eigenvalue weighted by Crippen LogP contribution is -2.56. The van der Waals surface area contributed by atoms with E-state index in [2.05, 4.69) is 0 Å². The number of fused-ring (bicyclic) bond motifs is 1. The Kier molecular flexibility index (Phi) is 7.51. The smallest absolute Gasteiger partial charge is 0.309 e. The van der Waals surface area contributed by atoms with E-state index in [1.54, 1.807) is 13.8 Å². The van der Waals surface area contributed by atoms with E-state index in [9.17, 15) is 45.3 Å². The van der Waals surface area contributed by atoms with Crippen LogP contribution in [-0.2, 0) is 14.3 Å². The number of benzene rings is 2. The number of aromatic hydroxyl groups is 4. The average Bonchev–Trinajstić information content (AvgIpc) is 2.88. The van der Waals surface area contributed by atoms with Crippen LogP contribution in [0, 0.1) is 5.92 Å². The Morgan fingerprint density at radius 1 is 1.00 bits per heavy atom. The van der Waals surface area contributed by atoms with Crippen molar-refractivity contribution >= 4 is 16.9 Å². The summed E-state index contributed by atoms with van der Waals surface area (Å²) in [4.78, 5) is 25.7.